The first kappa shape index (κ1) is 19.3. The van der Waals surface area contributed by atoms with Crippen molar-refractivity contribution in [2.45, 2.75) is 19.5 Å². The number of aromatic nitrogens is 3. The van der Waals surface area contributed by atoms with Crippen LogP contribution in [0.4, 0.5) is 18.9 Å². The van der Waals surface area contributed by atoms with Gasteiger partial charge in [-0.15, -0.1) is 0 Å². The summed E-state index contributed by atoms with van der Waals surface area (Å²) in [5.41, 5.74) is 1.78. The lowest BCUT2D eigenvalue weighted by Crippen LogP contribution is -2.20. The van der Waals surface area contributed by atoms with Crippen LogP contribution in [0.1, 0.15) is 11.4 Å². The molecule has 146 valence electrons. The van der Waals surface area contributed by atoms with Crippen molar-refractivity contribution in [2.24, 2.45) is 0 Å². The first-order valence-corrected chi connectivity index (χ1v) is 8.14. The molecule has 0 aliphatic heterocycles. The van der Waals surface area contributed by atoms with E-state index in [0.717, 1.165) is 5.56 Å². The van der Waals surface area contributed by atoms with Crippen LogP contribution in [0.25, 0.3) is 11.5 Å². The summed E-state index contributed by atoms with van der Waals surface area (Å²) in [4.78, 5) is 19.9. The van der Waals surface area contributed by atoms with Crippen LogP contribution in [0.15, 0.2) is 47.1 Å². The first-order valence-electron chi connectivity index (χ1n) is 8.14. The number of halogens is 3. The van der Waals surface area contributed by atoms with E-state index < -0.39 is 12.8 Å². The molecule has 0 aliphatic carbocycles. The summed E-state index contributed by atoms with van der Waals surface area (Å²) in [6.45, 7) is 0.425. The fourth-order valence-corrected chi connectivity index (χ4v) is 2.24. The van der Waals surface area contributed by atoms with Gasteiger partial charge in [-0.25, -0.2) is 4.98 Å². The lowest BCUT2D eigenvalue weighted by molar-refractivity contribution is -0.154. The fraction of sp³-hybridized carbons (Fsp3) is 0.222. The molecule has 2 heterocycles. The number of hydrogen-bond acceptors (Lipinski definition) is 6. The molecule has 2 aromatic heterocycles. The molecule has 10 heteroatoms. The van der Waals surface area contributed by atoms with Crippen molar-refractivity contribution < 1.29 is 27.2 Å². The number of aryl methyl sites for hydroxylation is 1. The average molecular weight is 392 g/mol. The van der Waals surface area contributed by atoms with Gasteiger partial charge in [0.05, 0.1) is 6.42 Å². The standard InChI is InChI=1S/C18H15F3N4O3/c1-11-4-6-12(7-5-11)23-15(26)9-14-24-17(28-25-14)13-3-2-8-22-16(13)27-10-18(19,20)21/h2-8H,9-10H2,1H3,(H,23,26). The normalized spacial score (nSPS) is 11.3. The number of pyridine rings is 1. The van der Waals surface area contributed by atoms with E-state index in [2.05, 4.69) is 20.4 Å². The maximum atomic E-state index is 12.4. The molecular formula is C18H15F3N4O3. The highest BCUT2D eigenvalue weighted by atomic mass is 19.4. The number of anilines is 1. The summed E-state index contributed by atoms with van der Waals surface area (Å²) >= 11 is 0. The molecule has 7 nitrogen and oxygen atoms in total. The zero-order valence-corrected chi connectivity index (χ0v) is 14.7. The fourth-order valence-electron chi connectivity index (χ4n) is 2.24. The van der Waals surface area contributed by atoms with Crippen molar-refractivity contribution in [1.82, 2.24) is 15.1 Å². The van der Waals surface area contributed by atoms with Gasteiger partial charge in [0, 0.05) is 11.9 Å². The van der Waals surface area contributed by atoms with Crippen LogP contribution in [-0.2, 0) is 11.2 Å². The number of nitrogens with one attached hydrogen (secondary N) is 1. The summed E-state index contributed by atoms with van der Waals surface area (Å²) in [5, 5.41) is 6.38. The quantitative estimate of drug-likeness (QED) is 0.690. The zero-order valence-electron chi connectivity index (χ0n) is 14.7. The number of alkyl halides is 3. The number of amides is 1. The molecule has 1 aromatic carbocycles. The maximum Gasteiger partial charge on any atom is 0.422 e. The van der Waals surface area contributed by atoms with Crippen molar-refractivity contribution in [2.75, 3.05) is 11.9 Å². The first-order chi connectivity index (χ1) is 13.3. The van der Waals surface area contributed by atoms with E-state index in [9.17, 15) is 18.0 Å². The van der Waals surface area contributed by atoms with E-state index in [1.165, 1.54) is 18.3 Å². The molecule has 0 unspecified atom stereocenters. The van der Waals surface area contributed by atoms with Gasteiger partial charge in [-0.2, -0.15) is 18.2 Å². The van der Waals surface area contributed by atoms with Gasteiger partial charge in [0.1, 0.15) is 5.56 Å². The second kappa shape index (κ2) is 8.07. The minimum Gasteiger partial charge on any atom is -0.467 e. The predicted molar refractivity (Wildman–Crippen MR) is 92.6 cm³/mol. The summed E-state index contributed by atoms with van der Waals surface area (Å²) < 4.78 is 46.9. The zero-order chi connectivity index (χ0) is 20.1. The van der Waals surface area contributed by atoms with Crippen molar-refractivity contribution in [3.05, 3.63) is 54.0 Å². The molecule has 28 heavy (non-hydrogen) atoms. The highest BCUT2D eigenvalue weighted by Gasteiger charge is 2.29. The van der Waals surface area contributed by atoms with Gasteiger partial charge >= 0.3 is 6.18 Å². The summed E-state index contributed by atoms with van der Waals surface area (Å²) in [6, 6.07) is 10.1. The maximum absolute atomic E-state index is 12.4. The van der Waals surface area contributed by atoms with E-state index >= 15 is 0 Å². The second-order valence-electron chi connectivity index (χ2n) is 5.87. The van der Waals surface area contributed by atoms with Crippen LogP contribution in [0.2, 0.25) is 0 Å². The molecule has 0 saturated carbocycles. The van der Waals surface area contributed by atoms with Gasteiger partial charge in [-0.3, -0.25) is 4.79 Å². The van der Waals surface area contributed by atoms with E-state index in [1.54, 1.807) is 12.1 Å². The number of nitrogens with zero attached hydrogens (tertiary/aromatic N) is 3. The van der Waals surface area contributed by atoms with E-state index in [1.807, 2.05) is 19.1 Å². The van der Waals surface area contributed by atoms with E-state index in [-0.39, 0.29) is 35.5 Å². The molecule has 0 spiro atoms. The Bertz CT molecular complexity index is 955. The highest BCUT2D eigenvalue weighted by molar-refractivity contribution is 5.91. The molecule has 3 rings (SSSR count). The monoisotopic (exact) mass is 392 g/mol. The van der Waals surface area contributed by atoms with Crippen molar-refractivity contribution in [3.8, 4) is 17.3 Å². The van der Waals surface area contributed by atoms with Crippen LogP contribution in [0, 0.1) is 6.92 Å². The largest absolute Gasteiger partial charge is 0.467 e. The van der Waals surface area contributed by atoms with Gasteiger partial charge in [0.25, 0.3) is 5.89 Å². The van der Waals surface area contributed by atoms with Crippen molar-refractivity contribution in [3.63, 3.8) is 0 Å². The minimum atomic E-state index is -4.51. The summed E-state index contributed by atoms with van der Waals surface area (Å²) in [7, 11) is 0. The van der Waals surface area contributed by atoms with Crippen molar-refractivity contribution >= 4 is 11.6 Å². The number of benzene rings is 1. The number of ether oxygens (including phenoxy) is 1. The lowest BCUT2D eigenvalue weighted by atomic mass is 10.2. The van der Waals surface area contributed by atoms with Crippen LogP contribution in [0.5, 0.6) is 5.88 Å². The van der Waals surface area contributed by atoms with Gasteiger partial charge in [-0.1, -0.05) is 22.9 Å². The van der Waals surface area contributed by atoms with Crippen molar-refractivity contribution in [1.29, 1.82) is 0 Å². The second-order valence-corrected chi connectivity index (χ2v) is 5.87. The number of carbonyl (C=O) groups is 1. The Labute approximate surface area is 157 Å². The highest BCUT2D eigenvalue weighted by Crippen LogP contribution is 2.28. The Kier molecular flexibility index (Phi) is 5.57. The molecule has 0 fully saturated rings. The third-order valence-corrected chi connectivity index (χ3v) is 3.50. The van der Waals surface area contributed by atoms with Gasteiger partial charge in [-0.05, 0) is 31.2 Å². The van der Waals surface area contributed by atoms with E-state index in [0.29, 0.717) is 5.69 Å². The molecular weight excluding hydrogens is 377 g/mol. The molecule has 0 atom stereocenters. The number of rotatable bonds is 6. The van der Waals surface area contributed by atoms with Gasteiger partial charge < -0.3 is 14.6 Å². The van der Waals surface area contributed by atoms with Gasteiger partial charge in [0.15, 0.2) is 12.4 Å². The predicted octanol–water partition coefficient (Wildman–Crippen LogP) is 3.56. The third kappa shape index (κ3) is 5.29. The molecule has 1 amide bonds. The summed E-state index contributed by atoms with van der Waals surface area (Å²) in [5.74, 6) is -0.677. The molecule has 0 radical (unpaired) electrons. The SMILES string of the molecule is Cc1ccc(NC(=O)Cc2noc(-c3cccnc3OCC(F)(F)F)n2)cc1. The molecule has 0 aliphatic rings. The Morgan fingerprint density at radius 1 is 1.21 bits per heavy atom. The topological polar surface area (TPSA) is 90.1 Å². The lowest BCUT2D eigenvalue weighted by Gasteiger charge is -2.09. The van der Waals surface area contributed by atoms with Crippen LogP contribution >= 0.6 is 0 Å². The third-order valence-electron chi connectivity index (χ3n) is 3.50. The Morgan fingerprint density at radius 2 is 1.96 bits per heavy atom. The Balaban J connectivity index is 1.68. The van der Waals surface area contributed by atoms with Crippen LogP contribution < -0.4 is 10.1 Å². The van der Waals surface area contributed by atoms with E-state index in [4.69, 9.17) is 9.26 Å². The van der Waals surface area contributed by atoms with Crippen LogP contribution in [-0.4, -0.2) is 33.8 Å². The molecule has 0 bridgehead atoms. The number of hydrogen-bond donors (Lipinski definition) is 1. The minimum absolute atomic E-state index is 0.0743. The average Bonchev–Trinajstić information content (AvgIpc) is 3.09. The molecule has 3 aromatic rings. The van der Waals surface area contributed by atoms with Gasteiger partial charge in [0.2, 0.25) is 11.8 Å². The molecule has 1 N–H and O–H groups in total. The Hall–Kier alpha value is -3.43. The van der Waals surface area contributed by atoms with Crippen LogP contribution in [0.3, 0.4) is 0 Å². The molecule has 0 saturated heterocycles. The summed E-state index contributed by atoms with van der Waals surface area (Å²) in [6.07, 6.45) is -3.40. The number of carbonyl (C=O) groups excluding carboxylic acids is 1. The smallest absolute Gasteiger partial charge is 0.422 e. The Morgan fingerprint density at radius 3 is 2.68 bits per heavy atom.